The molecule has 2 N–H and O–H groups in total. The standard InChI is InChI=1S/C12H10F3NO/c13-5-4-6(14)12-10(11(5)15)9-7(16-12)2-1-3-8(9)17/h4,8,16-17H,1-3H2. The van der Waals surface area contributed by atoms with Gasteiger partial charge in [0.1, 0.15) is 5.82 Å². The van der Waals surface area contributed by atoms with E-state index in [1.165, 1.54) is 0 Å². The highest BCUT2D eigenvalue weighted by Crippen LogP contribution is 2.38. The largest absolute Gasteiger partial charge is 0.388 e. The Balaban J connectivity index is 2.44. The van der Waals surface area contributed by atoms with E-state index < -0.39 is 23.6 Å². The zero-order valence-corrected chi connectivity index (χ0v) is 8.86. The van der Waals surface area contributed by atoms with Gasteiger partial charge in [-0.1, -0.05) is 0 Å². The summed E-state index contributed by atoms with van der Waals surface area (Å²) in [6, 6.07) is 0.520. The van der Waals surface area contributed by atoms with Gasteiger partial charge in [-0.05, 0) is 19.3 Å². The first-order valence-corrected chi connectivity index (χ1v) is 5.45. The van der Waals surface area contributed by atoms with Gasteiger partial charge in [0.15, 0.2) is 11.6 Å². The Morgan fingerprint density at radius 3 is 2.76 bits per heavy atom. The van der Waals surface area contributed by atoms with Crippen LogP contribution in [0.2, 0.25) is 0 Å². The van der Waals surface area contributed by atoms with Crippen LogP contribution in [0.25, 0.3) is 10.9 Å². The fourth-order valence-corrected chi connectivity index (χ4v) is 2.52. The molecule has 0 bridgehead atoms. The Labute approximate surface area is 95.1 Å². The lowest BCUT2D eigenvalue weighted by molar-refractivity contribution is 0.157. The van der Waals surface area contributed by atoms with E-state index in [1.807, 2.05) is 0 Å². The number of benzene rings is 1. The molecule has 0 saturated heterocycles. The number of rotatable bonds is 0. The Morgan fingerprint density at radius 1 is 1.24 bits per heavy atom. The van der Waals surface area contributed by atoms with E-state index in [0.717, 1.165) is 6.42 Å². The third-order valence-electron chi connectivity index (χ3n) is 3.28. The van der Waals surface area contributed by atoms with E-state index in [4.69, 9.17) is 0 Å². The monoisotopic (exact) mass is 241 g/mol. The summed E-state index contributed by atoms with van der Waals surface area (Å²) >= 11 is 0. The zero-order chi connectivity index (χ0) is 12.2. The number of aromatic nitrogens is 1. The fourth-order valence-electron chi connectivity index (χ4n) is 2.52. The lowest BCUT2D eigenvalue weighted by atomic mass is 9.93. The molecule has 2 aromatic rings. The average molecular weight is 241 g/mol. The molecule has 0 saturated carbocycles. The second-order valence-corrected chi connectivity index (χ2v) is 4.33. The van der Waals surface area contributed by atoms with Gasteiger partial charge in [-0.2, -0.15) is 0 Å². The van der Waals surface area contributed by atoms with Crippen molar-refractivity contribution in [2.75, 3.05) is 0 Å². The number of halogens is 3. The molecule has 90 valence electrons. The molecule has 0 amide bonds. The van der Waals surface area contributed by atoms with Crippen molar-refractivity contribution < 1.29 is 18.3 Å². The highest BCUT2D eigenvalue weighted by molar-refractivity contribution is 5.86. The normalized spacial score (nSPS) is 19.6. The van der Waals surface area contributed by atoms with Gasteiger partial charge in [-0.25, -0.2) is 13.2 Å². The minimum Gasteiger partial charge on any atom is -0.388 e. The topological polar surface area (TPSA) is 36.0 Å². The van der Waals surface area contributed by atoms with Crippen molar-refractivity contribution in [3.05, 3.63) is 34.8 Å². The number of nitrogens with one attached hydrogen (secondary N) is 1. The summed E-state index contributed by atoms with van der Waals surface area (Å²) in [4.78, 5) is 2.74. The number of fused-ring (bicyclic) bond motifs is 3. The van der Waals surface area contributed by atoms with Gasteiger partial charge in [0.2, 0.25) is 0 Å². The van der Waals surface area contributed by atoms with Crippen LogP contribution in [0.5, 0.6) is 0 Å². The molecule has 1 heterocycles. The van der Waals surface area contributed by atoms with E-state index in [-0.39, 0.29) is 10.9 Å². The smallest absolute Gasteiger partial charge is 0.168 e. The number of H-pyrrole nitrogens is 1. The lowest BCUT2D eigenvalue weighted by Gasteiger charge is -2.17. The predicted octanol–water partition coefficient (Wildman–Crippen LogP) is 2.95. The van der Waals surface area contributed by atoms with Crippen molar-refractivity contribution in [1.29, 1.82) is 0 Å². The molecule has 0 aliphatic heterocycles. The SMILES string of the molecule is OC1CCCc2[nH]c3c(F)cc(F)c(F)c3c21. The molecular weight excluding hydrogens is 231 g/mol. The predicted molar refractivity (Wildman–Crippen MR) is 56.1 cm³/mol. The fraction of sp³-hybridized carbons (Fsp3) is 0.333. The number of aryl methyl sites for hydroxylation is 1. The maximum absolute atomic E-state index is 13.7. The van der Waals surface area contributed by atoms with Crippen molar-refractivity contribution in [2.24, 2.45) is 0 Å². The van der Waals surface area contributed by atoms with Gasteiger partial charge < -0.3 is 10.1 Å². The molecule has 1 aromatic heterocycles. The van der Waals surface area contributed by atoms with Crippen LogP contribution in [0.4, 0.5) is 13.2 Å². The summed E-state index contributed by atoms with van der Waals surface area (Å²) in [5.41, 5.74) is 0.846. The van der Waals surface area contributed by atoms with E-state index in [9.17, 15) is 18.3 Å². The molecule has 1 aromatic carbocycles. The van der Waals surface area contributed by atoms with Crippen molar-refractivity contribution in [2.45, 2.75) is 25.4 Å². The Morgan fingerprint density at radius 2 is 2.00 bits per heavy atom. The number of hydrogen-bond acceptors (Lipinski definition) is 1. The number of hydrogen-bond donors (Lipinski definition) is 2. The zero-order valence-electron chi connectivity index (χ0n) is 8.86. The van der Waals surface area contributed by atoms with Gasteiger partial charge in [-0.3, -0.25) is 0 Å². The van der Waals surface area contributed by atoms with Crippen LogP contribution in [-0.4, -0.2) is 10.1 Å². The van der Waals surface area contributed by atoms with Crippen LogP contribution in [-0.2, 0) is 6.42 Å². The number of aromatic amines is 1. The first-order chi connectivity index (χ1) is 8.09. The first-order valence-electron chi connectivity index (χ1n) is 5.45. The Hall–Kier alpha value is -1.49. The summed E-state index contributed by atoms with van der Waals surface area (Å²) in [7, 11) is 0. The highest BCUT2D eigenvalue weighted by atomic mass is 19.2. The second-order valence-electron chi connectivity index (χ2n) is 4.33. The molecule has 1 atom stereocenters. The number of aliphatic hydroxyl groups is 1. The van der Waals surface area contributed by atoms with E-state index >= 15 is 0 Å². The van der Waals surface area contributed by atoms with Crippen LogP contribution < -0.4 is 0 Å². The second kappa shape index (κ2) is 3.50. The molecular formula is C12H10F3NO. The third-order valence-corrected chi connectivity index (χ3v) is 3.28. The number of aliphatic hydroxyl groups excluding tert-OH is 1. The molecule has 0 spiro atoms. The van der Waals surface area contributed by atoms with Gasteiger partial charge in [0, 0.05) is 22.7 Å². The summed E-state index contributed by atoms with van der Waals surface area (Å²) in [5.74, 6) is -3.16. The summed E-state index contributed by atoms with van der Waals surface area (Å²) in [6.07, 6.45) is 0.981. The highest BCUT2D eigenvalue weighted by Gasteiger charge is 2.27. The Kier molecular flexibility index (Phi) is 2.19. The minimum absolute atomic E-state index is 0.0603. The molecule has 3 rings (SSSR count). The van der Waals surface area contributed by atoms with Crippen LogP contribution in [0, 0.1) is 17.5 Å². The Bertz CT molecular complexity index is 606. The van der Waals surface area contributed by atoms with Gasteiger partial charge in [0.05, 0.1) is 11.6 Å². The first kappa shape index (κ1) is 10.7. The van der Waals surface area contributed by atoms with Gasteiger partial charge in [0.25, 0.3) is 0 Å². The van der Waals surface area contributed by atoms with Gasteiger partial charge >= 0.3 is 0 Å². The van der Waals surface area contributed by atoms with E-state index in [0.29, 0.717) is 30.2 Å². The molecule has 5 heteroatoms. The molecule has 0 radical (unpaired) electrons. The minimum atomic E-state index is -1.23. The van der Waals surface area contributed by atoms with Crippen LogP contribution in [0.3, 0.4) is 0 Å². The third kappa shape index (κ3) is 1.38. The van der Waals surface area contributed by atoms with Crippen molar-refractivity contribution in [1.82, 2.24) is 4.98 Å². The summed E-state index contributed by atoms with van der Waals surface area (Å²) in [5, 5.41) is 9.67. The summed E-state index contributed by atoms with van der Waals surface area (Å²) < 4.78 is 40.4. The lowest BCUT2D eigenvalue weighted by Crippen LogP contribution is -2.08. The van der Waals surface area contributed by atoms with Crippen LogP contribution in [0.1, 0.15) is 30.2 Å². The average Bonchev–Trinajstić information content (AvgIpc) is 2.67. The van der Waals surface area contributed by atoms with Crippen molar-refractivity contribution in [3.63, 3.8) is 0 Å². The van der Waals surface area contributed by atoms with Crippen molar-refractivity contribution >= 4 is 10.9 Å². The van der Waals surface area contributed by atoms with E-state index in [1.54, 1.807) is 0 Å². The van der Waals surface area contributed by atoms with Crippen LogP contribution >= 0.6 is 0 Å². The van der Waals surface area contributed by atoms with Crippen LogP contribution in [0.15, 0.2) is 6.07 Å². The molecule has 0 fully saturated rings. The molecule has 1 aliphatic carbocycles. The molecule has 2 nitrogen and oxygen atoms in total. The quantitative estimate of drug-likeness (QED) is 0.683. The van der Waals surface area contributed by atoms with Gasteiger partial charge in [-0.15, -0.1) is 0 Å². The van der Waals surface area contributed by atoms with E-state index in [2.05, 4.69) is 4.98 Å². The van der Waals surface area contributed by atoms with Crippen molar-refractivity contribution in [3.8, 4) is 0 Å². The summed E-state index contributed by atoms with van der Waals surface area (Å²) in [6.45, 7) is 0. The maximum Gasteiger partial charge on any atom is 0.168 e. The molecule has 17 heavy (non-hydrogen) atoms. The molecule has 1 aliphatic rings. The molecule has 1 unspecified atom stereocenters. The maximum atomic E-state index is 13.7.